The van der Waals surface area contributed by atoms with Gasteiger partial charge in [0, 0.05) is 0 Å². The molecule has 31 valence electrons. The number of hydrogen-bond acceptors (Lipinski definition) is 2. The van der Waals surface area contributed by atoms with E-state index in [4.69, 9.17) is 9.32 Å². The van der Waals surface area contributed by atoms with Crippen molar-refractivity contribution in [2.24, 2.45) is 0 Å². The minimum absolute atomic E-state index is 0. The first-order valence-corrected chi connectivity index (χ1v) is 0.926. The van der Waals surface area contributed by atoms with Crippen molar-refractivity contribution >= 4 is 49.9 Å². The van der Waals surface area contributed by atoms with Crippen LogP contribution in [-0.4, -0.2) is 26.2 Å². The van der Waals surface area contributed by atoms with Crippen molar-refractivity contribution in [3.63, 3.8) is 0 Å². The zero-order valence-electron chi connectivity index (χ0n) is 2.02. The molecule has 3 radical (unpaired) electrons. The van der Waals surface area contributed by atoms with Gasteiger partial charge in [0.2, 0.25) is 0 Å². The summed E-state index contributed by atoms with van der Waals surface area (Å²) < 4.78 is 15.4. The van der Waals surface area contributed by atoms with E-state index in [0.717, 1.165) is 0 Å². The summed E-state index contributed by atoms with van der Waals surface area (Å²) in [4.78, 5) is 0. The maximum atomic E-state index is 7.72. The summed E-state index contributed by atoms with van der Waals surface area (Å²) in [6.45, 7) is 0. The molecule has 0 aromatic heterocycles. The second-order valence-corrected chi connectivity index (χ2v) is 0. The first-order valence-electron chi connectivity index (χ1n) is 0.309. The van der Waals surface area contributed by atoms with Gasteiger partial charge in [0.15, 0.2) is 0 Å². The third-order valence-electron chi connectivity index (χ3n) is 0. The van der Waals surface area contributed by atoms with Crippen LogP contribution in [-0.2, 0) is 0 Å². The molecule has 5 heavy (non-hydrogen) atoms. The van der Waals surface area contributed by atoms with Crippen LogP contribution in [0.2, 0.25) is 0 Å². The first-order chi connectivity index (χ1) is 2.00. The largest absolute Gasteiger partial charge is 2.00 e. The van der Waals surface area contributed by atoms with Gasteiger partial charge in [0.05, 0.1) is 0 Å². The molecule has 0 saturated carbocycles. The molecular formula is BiCl2O2. The Morgan fingerprint density at radius 3 is 0.800 bits per heavy atom. The average Bonchev–Trinajstić information content (AvgIpc) is 1.50. The zero-order chi connectivity index (χ0) is 4.00. The second kappa shape index (κ2) is 54.1. The normalized spacial score (nSPS) is 2.40. The topological polar surface area (TPSA) is 46.1 Å². The van der Waals surface area contributed by atoms with E-state index in [-0.39, 0.29) is 26.2 Å². The van der Waals surface area contributed by atoms with Crippen molar-refractivity contribution in [1.29, 1.82) is 0 Å². The molecule has 0 aliphatic carbocycles. The van der Waals surface area contributed by atoms with Crippen molar-refractivity contribution in [3.8, 4) is 0 Å². The van der Waals surface area contributed by atoms with E-state index in [1.54, 1.807) is 0 Å². The summed E-state index contributed by atoms with van der Waals surface area (Å²) in [6.07, 6.45) is 0. The number of halogens is 2. The Balaban J connectivity index is -0.0000000133. The van der Waals surface area contributed by atoms with E-state index in [2.05, 4.69) is 23.7 Å². The van der Waals surface area contributed by atoms with Crippen LogP contribution >= 0.6 is 23.7 Å². The van der Waals surface area contributed by atoms with Gasteiger partial charge in [-0.2, -0.15) is 0 Å². The predicted octanol–water partition coefficient (Wildman–Crippen LogP) is -1.38. The van der Waals surface area contributed by atoms with Gasteiger partial charge in [-0.1, -0.05) is 0 Å². The monoisotopic (exact) mass is 311 g/mol. The molecular weight excluding hydrogens is 312 g/mol. The molecule has 0 bridgehead atoms. The Morgan fingerprint density at radius 1 is 0.800 bits per heavy atom. The van der Waals surface area contributed by atoms with Gasteiger partial charge < -0.3 is 9.32 Å². The standard InChI is InChI=1S/Bi.2ClO/c;2*1-2/q+2;2*-1. The smallest absolute Gasteiger partial charge is 0.769 e. The summed E-state index contributed by atoms with van der Waals surface area (Å²) in [7, 11) is 0. The molecule has 0 aliphatic heterocycles. The van der Waals surface area contributed by atoms with Gasteiger partial charge in [-0.05, 0) is 0 Å². The third kappa shape index (κ3) is 32.2. The summed E-state index contributed by atoms with van der Waals surface area (Å²) in [5.74, 6) is 0. The molecule has 0 fully saturated rings. The van der Waals surface area contributed by atoms with Crippen molar-refractivity contribution in [3.05, 3.63) is 0 Å². The van der Waals surface area contributed by atoms with Crippen LogP contribution < -0.4 is 9.32 Å². The van der Waals surface area contributed by atoms with Crippen LogP contribution in [0.4, 0.5) is 0 Å². The fourth-order valence-electron chi connectivity index (χ4n) is 0. The molecule has 0 spiro atoms. The van der Waals surface area contributed by atoms with E-state index in [1.807, 2.05) is 0 Å². The SMILES string of the molecule is [Bi+2].[O-]Cl.[O-]Cl. The van der Waals surface area contributed by atoms with E-state index in [9.17, 15) is 0 Å². The zero-order valence-corrected chi connectivity index (χ0v) is 7.01. The molecule has 0 saturated heterocycles. The first kappa shape index (κ1) is 16.2. The van der Waals surface area contributed by atoms with Gasteiger partial charge in [-0.3, -0.25) is 0 Å². The summed E-state index contributed by atoms with van der Waals surface area (Å²) in [5, 5.41) is 0. The fraction of sp³-hybridized carbons (Fsp3) is 0. The molecule has 0 aliphatic rings. The van der Waals surface area contributed by atoms with Gasteiger partial charge in [-0.15, -0.1) is 0 Å². The van der Waals surface area contributed by atoms with Crippen LogP contribution in [0.3, 0.4) is 0 Å². The Kier molecular flexibility index (Phi) is 175. The van der Waals surface area contributed by atoms with Crippen molar-refractivity contribution < 1.29 is 9.32 Å². The van der Waals surface area contributed by atoms with E-state index in [0.29, 0.717) is 0 Å². The van der Waals surface area contributed by atoms with Gasteiger partial charge in [0.1, 0.15) is 0 Å². The van der Waals surface area contributed by atoms with Crippen LogP contribution in [0, 0.1) is 0 Å². The van der Waals surface area contributed by atoms with Crippen molar-refractivity contribution in [2.75, 3.05) is 0 Å². The number of hydrogen-bond donors (Lipinski definition) is 0. The molecule has 0 amide bonds. The minimum atomic E-state index is 0. The maximum Gasteiger partial charge on any atom is 2.00 e. The second-order valence-electron chi connectivity index (χ2n) is 0. The number of rotatable bonds is 0. The maximum absolute atomic E-state index is 7.72. The van der Waals surface area contributed by atoms with Crippen molar-refractivity contribution in [1.82, 2.24) is 0 Å². The molecule has 0 heterocycles. The van der Waals surface area contributed by atoms with Crippen LogP contribution in [0.15, 0.2) is 0 Å². The molecule has 0 rings (SSSR count). The molecule has 2 nitrogen and oxygen atoms in total. The molecule has 5 heteroatoms. The van der Waals surface area contributed by atoms with Crippen molar-refractivity contribution in [2.45, 2.75) is 0 Å². The molecule has 0 unspecified atom stereocenters. The Hall–Kier alpha value is 1.38. The fourth-order valence-corrected chi connectivity index (χ4v) is 0. The Morgan fingerprint density at radius 2 is 0.800 bits per heavy atom. The van der Waals surface area contributed by atoms with Gasteiger partial charge in [0.25, 0.3) is 0 Å². The summed E-state index contributed by atoms with van der Waals surface area (Å²) >= 11 is 6.78. The molecule has 0 aromatic carbocycles. The van der Waals surface area contributed by atoms with Crippen LogP contribution in [0.5, 0.6) is 0 Å². The van der Waals surface area contributed by atoms with E-state index < -0.39 is 0 Å². The van der Waals surface area contributed by atoms with E-state index in [1.165, 1.54) is 0 Å². The van der Waals surface area contributed by atoms with Gasteiger partial charge >= 0.3 is 26.2 Å². The summed E-state index contributed by atoms with van der Waals surface area (Å²) in [5.41, 5.74) is 0. The van der Waals surface area contributed by atoms with Crippen LogP contribution in [0.1, 0.15) is 0 Å². The minimum Gasteiger partial charge on any atom is -0.769 e. The molecule has 0 atom stereocenters. The molecule has 0 aromatic rings. The Bertz CT molecular complexity index is 7.61. The Labute approximate surface area is 59.2 Å². The predicted molar refractivity (Wildman–Crippen MR) is 17.5 cm³/mol. The van der Waals surface area contributed by atoms with Gasteiger partial charge in [-0.25, -0.2) is 23.7 Å². The third-order valence-corrected chi connectivity index (χ3v) is 0. The van der Waals surface area contributed by atoms with E-state index >= 15 is 0 Å². The summed E-state index contributed by atoms with van der Waals surface area (Å²) in [6, 6.07) is 0. The quantitative estimate of drug-likeness (QED) is 0.518. The molecule has 0 N–H and O–H groups in total. The average molecular weight is 312 g/mol. The van der Waals surface area contributed by atoms with Crippen LogP contribution in [0.25, 0.3) is 0 Å².